The van der Waals surface area contributed by atoms with E-state index < -0.39 is 0 Å². The Hall–Kier alpha value is -1.99. The first kappa shape index (κ1) is 19.3. The molecule has 1 aromatic carbocycles. The summed E-state index contributed by atoms with van der Waals surface area (Å²) in [6.45, 7) is 0.595. The standard InChI is InChI=1S/C21H24N2O3S2/c1-25-15-9-8-13(12-16(15)26-2)10-11-23-20(24)18-14-6-4-5-7-17(14)28-19(18)22-21(23)27-3/h8-9,12H,4-7,10-11H2,1-3H3. The average molecular weight is 417 g/mol. The summed E-state index contributed by atoms with van der Waals surface area (Å²) in [5.41, 5.74) is 2.45. The maximum Gasteiger partial charge on any atom is 0.263 e. The molecule has 2 aromatic heterocycles. The Morgan fingerprint density at radius 3 is 2.71 bits per heavy atom. The zero-order valence-corrected chi connectivity index (χ0v) is 18.0. The fraction of sp³-hybridized carbons (Fsp3) is 0.429. The van der Waals surface area contributed by atoms with Crippen LogP contribution in [0, 0.1) is 0 Å². The van der Waals surface area contributed by atoms with E-state index in [1.807, 2.05) is 29.0 Å². The van der Waals surface area contributed by atoms with Crippen molar-refractivity contribution in [2.45, 2.75) is 43.8 Å². The average Bonchev–Trinajstić information content (AvgIpc) is 3.11. The summed E-state index contributed by atoms with van der Waals surface area (Å²) in [6.07, 6.45) is 7.16. The number of benzene rings is 1. The van der Waals surface area contributed by atoms with Crippen LogP contribution in [0.1, 0.15) is 28.8 Å². The molecule has 148 valence electrons. The molecular formula is C21H24N2O3S2. The number of ether oxygens (including phenoxy) is 2. The van der Waals surface area contributed by atoms with Crippen molar-refractivity contribution in [1.82, 2.24) is 9.55 Å². The molecule has 0 saturated carbocycles. The molecule has 1 aliphatic rings. The predicted octanol–water partition coefficient (Wildman–Crippen LogP) is 4.32. The smallest absolute Gasteiger partial charge is 0.263 e. The minimum Gasteiger partial charge on any atom is -0.493 e. The van der Waals surface area contributed by atoms with Crippen LogP contribution in [0.3, 0.4) is 0 Å². The third-order valence-corrected chi connectivity index (χ3v) is 7.16. The lowest BCUT2D eigenvalue weighted by Crippen LogP contribution is -2.24. The highest BCUT2D eigenvalue weighted by atomic mass is 32.2. The summed E-state index contributed by atoms with van der Waals surface area (Å²) in [6, 6.07) is 5.90. The molecule has 0 unspecified atom stereocenters. The highest BCUT2D eigenvalue weighted by molar-refractivity contribution is 7.98. The molecule has 5 nitrogen and oxygen atoms in total. The zero-order valence-electron chi connectivity index (χ0n) is 16.4. The minimum absolute atomic E-state index is 0.106. The highest BCUT2D eigenvalue weighted by Gasteiger charge is 2.21. The number of aromatic nitrogens is 2. The molecule has 0 amide bonds. The molecule has 1 aliphatic carbocycles. The van der Waals surface area contributed by atoms with E-state index in [2.05, 4.69) is 0 Å². The molecule has 0 fully saturated rings. The zero-order chi connectivity index (χ0) is 19.7. The van der Waals surface area contributed by atoms with Crippen LogP contribution in [0.25, 0.3) is 10.2 Å². The van der Waals surface area contributed by atoms with Gasteiger partial charge in [-0.05, 0) is 61.6 Å². The van der Waals surface area contributed by atoms with E-state index in [9.17, 15) is 4.79 Å². The molecule has 0 saturated heterocycles. The SMILES string of the molecule is COc1ccc(CCn2c(SC)nc3sc4c(c3c2=O)CCCC4)cc1OC. The van der Waals surface area contributed by atoms with Crippen molar-refractivity contribution in [3.05, 3.63) is 44.6 Å². The molecule has 4 rings (SSSR count). The largest absolute Gasteiger partial charge is 0.493 e. The van der Waals surface area contributed by atoms with E-state index in [0.29, 0.717) is 18.0 Å². The van der Waals surface area contributed by atoms with E-state index in [4.69, 9.17) is 14.5 Å². The Bertz CT molecular complexity index is 1070. The van der Waals surface area contributed by atoms with Gasteiger partial charge in [-0.25, -0.2) is 4.98 Å². The number of hydrogen-bond donors (Lipinski definition) is 0. The predicted molar refractivity (Wildman–Crippen MR) is 116 cm³/mol. The van der Waals surface area contributed by atoms with Crippen LogP contribution in [0.5, 0.6) is 11.5 Å². The van der Waals surface area contributed by atoms with Gasteiger partial charge >= 0.3 is 0 Å². The van der Waals surface area contributed by atoms with E-state index >= 15 is 0 Å². The fourth-order valence-corrected chi connectivity index (χ4v) is 5.74. The van der Waals surface area contributed by atoms with Crippen LogP contribution < -0.4 is 15.0 Å². The highest BCUT2D eigenvalue weighted by Crippen LogP contribution is 2.34. The van der Waals surface area contributed by atoms with Crippen molar-refractivity contribution < 1.29 is 9.47 Å². The van der Waals surface area contributed by atoms with Gasteiger partial charge in [-0.3, -0.25) is 9.36 Å². The number of thiophene rings is 1. The number of aryl methyl sites for hydroxylation is 3. The molecule has 7 heteroatoms. The van der Waals surface area contributed by atoms with Crippen LogP contribution >= 0.6 is 23.1 Å². The van der Waals surface area contributed by atoms with Crippen LogP contribution in [-0.4, -0.2) is 30.0 Å². The third-order valence-electron chi connectivity index (χ3n) is 5.29. The maximum atomic E-state index is 13.4. The molecule has 3 aromatic rings. The number of rotatable bonds is 6. The second-order valence-corrected chi connectivity index (χ2v) is 8.74. The van der Waals surface area contributed by atoms with Crippen molar-refractivity contribution in [2.75, 3.05) is 20.5 Å². The van der Waals surface area contributed by atoms with Crippen LogP contribution in [0.4, 0.5) is 0 Å². The van der Waals surface area contributed by atoms with Gasteiger partial charge in [0.25, 0.3) is 5.56 Å². The van der Waals surface area contributed by atoms with Crippen molar-refractivity contribution in [1.29, 1.82) is 0 Å². The first-order chi connectivity index (χ1) is 13.7. The molecule has 0 atom stereocenters. The lowest BCUT2D eigenvalue weighted by atomic mass is 9.97. The lowest BCUT2D eigenvalue weighted by Gasteiger charge is -2.13. The van der Waals surface area contributed by atoms with E-state index in [1.54, 1.807) is 25.6 Å². The Morgan fingerprint density at radius 2 is 1.96 bits per heavy atom. The number of hydrogen-bond acceptors (Lipinski definition) is 6. The summed E-state index contributed by atoms with van der Waals surface area (Å²) >= 11 is 3.24. The second kappa shape index (κ2) is 8.17. The van der Waals surface area contributed by atoms with Crippen LogP contribution in [0.15, 0.2) is 28.2 Å². The minimum atomic E-state index is 0.106. The normalized spacial score (nSPS) is 13.5. The van der Waals surface area contributed by atoms with Gasteiger partial charge in [0.05, 0.1) is 19.6 Å². The van der Waals surface area contributed by atoms with Gasteiger partial charge in [-0.2, -0.15) is 0 Å². The van der Waals surface area contributed by atoms with Gasteiger partial charge in [-0.15, -0.1) is 11.3 Å². The van der Waals surface area contributed by atoms with Crippen molar-refractivity contribution in [2.24, 2.45) is 0 Å². The quantitative estimate of drug-likeness (QED) is 0.442. The summed E-state index contributed by atoms with van der Waals surface area (Å²) in [7, 11) is 3.26. The van der Waals surface area contributed by atoms with Gasteiger partial charge in [0.1, 0.15) is 4.83 Å². The Kier molecular flexibility index (Phi) is 5.64. The number of nitrogens with zero attached hydrogens (tertiary/aromatic N) is 2. The first-order valence-electron chi connectivity index (χ1n) is 9.46. The molecule has 28 heavy (non-hydrogen) atoms. The topological polar surface area (TPSA) is 53.4 Å². The summed E-state index contributed by atoms with van der Waals surface area (Å²) < 4.78 is 12.5. The Labute approximate surface area is 172 Å². The van der Waals surface area contributed by atoms with Gasteiger partial charge in [0.2, 0.25) is 0 Å². The van der Waals surface area contributed by atoms with Crippen LogP contribution in [-0.2, 0) is 25.8 Å². The molecule has 0 spiro atoms. The van der Waals surface area contributed by atoms with Gasteiger partial charge in [-0.1, -0.05) is 17.8 Å². The monoisotopic (exact) mass is 416 g/mol. The van der Waals surface area contributed by atoms with Gasteiger partial charge in [0.15, 0.2) is 16.7 Å². The number of fused-ring (bicyclic) bond motifs is 3. The van der Waals surface area contributed by atoms with Gasteiger partial charge in [0, 0.05) is 11.4 Å². The number of methoxy groups -OCH3 is 2. The Balaban J connectivity index is 1.70. The first-order valence-corrected chi connectivity index (χ1v) is 11.5. The maximum absolute atomic E-state index is 13.4. The second-order valence-electron chi connectivity index (χ2n) is 6.89. The summed E-state index contributed by atoms with van der Waals surface area (Å²) in [5.74, 6) is 1.42. The van der Waals surface area contributed by atoms with Gasteiger partial charge < -0.3 is 9.47 Å². The molecule has 0 radical (unpaired) electrons. The molecule has 0 bridgehead atoms. The molecule has 0 aliphatic heterocycles. The molecular weight excluding hydrogens is 392 g/mol. The number of thioether (sulfide) groups is 1. The van der Waals surface area contributed by atoms with E-state index in [-0.39, 0.29) is 5.56 Å². The summed E-state index contributed by atoms with van der Waals surface area (Å²) in [4.78, 5) is 20.5. The molecule has 0 N–H and O–H groups in total. The molecule has 2 heterocycles. The van der Waals surface area contributed by atoms with Crippen molar-refractivity contribution in [3.63, 3.8) is 0 Å². The van der Waals surface area contributed by atoms with Crippen molar-refractivity contribution >= 4 is 33.3 Å². The summed E-state index contributed by atoms with van der Waals surface area (Å²) in [5, 5.41) is 1.64. The van der Waals surface area contributed by atoms with Crippen LogP contribution in [0.2, 0.25) is 0 Å². The lowest BCUT2D eigenvalue weighted by molar-refractivity contribution is 0.354. The van der Waals surface area contributed by atoms with Crippen molar-refractivity contribution in [3.8, 4) is 11.5 Å². The fourth-order valence-electron chi connectivity index (χ4n) is 3.85. The Morgan fingerprint density at radius 1 is 1.18 bits per heavy atom. The van der Waals surface area contributed by atoms with E-state index in [1.165, 1.54) is 28.6 Å². The van der Waals surface area contributed by atoms with E-state index in [0.717, 1.165) is 46.6 Å². The third kappa shape index (κ3) is 3.42.